The fourth-order valence-corrected chi connectivity index (χ4v) is 2.71. The number of aliphatic hydroxyl groups is 1. The highest BCUT2D eigenvalue weighted by Gasteiger charge is 2.31. The minimum atomic E-state index is -0.403. The molecule has 0 aromatic rings. The van der Waals surface area contributed by atoms with Crippen LogP contribution in [0, 0.1) is 0 Å². The van der Waals surface area contributed by atoms with Crippen LogP contribution in [0.25, 0.3) is 0 Å². The minimum absolute atomic E-state index is 0.0245. The third-order valence-corrected chi connectivity index (χ3v) is 3.77. The number of amides is 3. The Kier molecular flexibility index (Phi) is 9.02. The van der Waals surface area contributed by atoms with Crippen molar-refractivity contribution in [2.45, 2.75) is 57.4 Å². The molecule has 24 heavy (non-hydrogen) atoms. The van der Waals surface area contributed by atoms with Crippen LogP contribution in [0.3, 0.4) is 0 Å². The van der Waals surface area contributed by atoms with E-state index >= 15 is 0 Å². The van der Waals surface area contributed by atoms with Gasteiger partial charge in [-0.25, -0.2) is 4.79 Å². The summed E-state index contributed by atoms with van der Waals surface area (Å²) in [6, 6.07) is -0.259. The van der Waals surface area contributed by atoms with Crippen molar-refractivity contribution in [3.63, 3.8) is 0 Å². The fourth-order valence-electron chi connectivity index (χ4n) is 2.71. The van der Waals surface area contributed by atoms with Crippen molar-refractivity contribution in [3.8, 4) is 0 Å². The molecule has 0 spiro atoms. The molecule has 0 aromatic heterocycles. The second kappa shape index (κ2) is 10.5. The quantitative estimate of drug-likeness (QED) is 0.483. The van der Waals surface area contributed by atoms with E-state index in [-0.39, 0.29) is 36.7 Å². The number of hydrogen-bond acceptors (Lipinski definition) is 5. The van der Waals surface area contributed by atoms with E-state index in [0.29, 0.717) is 19.5 Å². The van der Waals surface area contributed by atoms with Gasteiger partial charge in [0.2, 0.25) is 5.91 Å². The molecule has 0 saturated carbocycles. The lowest BCUT2D eigenvalue weighted by molar-refractivity contribution is -0.129. The summed E-state index contributed by atoms with van der Waals surface area (Å²) in [5.74, 6) is -0.0717. The molecule has 0 aromatic carbocycles. The number of carbonyl (C=O) groups is 2. The van der Waals surface area contributed by atoms with Crippen LogP contribution in [-0.4, -0.2) is 80.0 Å². The zero-order valence-electron chi connectivity index (χ0n) is 15.2. The zero-order chi connectivity index (χ0) is 18.1. The summed E-state index contributed by atoms with van der Waals surface area (Å²) in [5, 5.41) is 18.0. The van der Waals surface area contributed by atoms with Crippen LogP contribution < -0.4 is 16.0 Å². The number of likely N-dealkylation sites (N-methyl/N-ethyl adjacent to an activating group) is 1. The molecule has 1 heterocycles. The SMILES string of the molecule is CC(C)NC(=O)NCC[C@@H]1CC[C@@H](NC(=O)CN(C)C)[C@@H](CO)O1. The maximum absolute atomic E-state index is 11.9. The highest BCUT2D eigenvalue weighted by Crippen LogP contribution is 2.21. The Bertz CT molecular complexity index is 404. The minimum Gasteiger partial charge on any atom is -0.394 e. The zero-order valence-corrected chi connectivity index (χ0v) is 15.2. The van der Waals surface area contributed by atoms with Crippen LogP contribution in [-0.2, 0) is 9.53 Å². The summed E-state index contributed by atoms with van der Waals surface area (Å²) in [4.78, 5) is 25.2. The van der Waals surface area contributed by atoms with Crippen LogP contribution in [0.15, 0.2) is 0 Å². The summed E-state index contributed by atoms with van der Waals surface area (Å²) in [6.07, 6.45) is 1.80. The topological polar surface area (TPSA) is 103 Å². The molecule has 1 saturated heterocycles. The van der Waals surface area contributed by atoms with Crippen molar-refractivity contribution in [3.05, 3.63) is 0 Å². The van der Waals surface area contributed by atoms with E-state index in [4.69, 9.17) is 4.74 Å². The highest BCUT2D eigenvalue weighted by atomic mass is 16.5. The lowest BCUT2D eigenvalue weighted by atomic mass is 9.97. The molecule has 8 heteroatoms. The van der Waals surface area contributed by atoms with Crippen molar-refractivity contribution in [2.75, 3.05) is 33.8 Å². The fraction of sp³-hybridized carbons (Fsp3) is 0.875. The second-order valence-corrected chi connectivity index (χ2v) is 6.81. The van der Waals surface area contributed by atoms with Gasteiger partial charge in [-0.2, -0.15) is 0 Å². The van der Waals surface area contributed by atoms with Gasteiger partial charge in [-0.1, -0.05) is 0 Å². The summed E-state index contributed by atoms with van der Waals surface area (Å²) in [5.41, 5.74) is 0. The Labute approximate surface area is 144 Å². The standard InChI is InChI=1S/C16H32N4O4/c1-11(2)18-16(23)17-8-7-12-5-6-13(14(10-21)24-12)19-15(22)9-20(3)4/h11-14,21H,5-10H2,1-4H3,(H,19,22)(H2,17,18,23)/t12-,13+,14+/m0/s1. The van der Waals surface area contributed by atoms with Gasteiger partial charge in [-0.05, 0) is 47.2 Å². The van der Waals surface area contributed by atoms with Gasteiger partial charge in [0.25, 0.3) is 0 Å². The third kappa shape index (κ3) is 7.94. The molecule has 1 aliphatic rings. The first kappa shape index (κ1) is 20.7. The van der Waals surface area contributed by atoms with Gasteiger partial charge in [0.15, 0.2) is 0 Å². The summed E-state index contributed by atoms with van der Waals surface area (Å²) < 4.78 is 5.87. The Morgan fingerprint density at radius 1 is 1.29 bits per heavy atom. The van der Waals surface area contributed by atoms with E-state index in [2.05, 4.69) is 16.0 Å². The maximum Gasteiger partial charge on any atom is 0.314 e. The van der Waals surface area contributed by atoms with E-state index in [1.54, 1.807) is 4.90 Å². The summed E-state index contributed by atoms with van der Waals surface area (Å²) >= 11 is 0. The average molecular weight is 344 g/mol. The first-order valence-corrected chi connectivity index (χ1v) is 8.56. The van der Waals surface area contributed by atoms with E-state index in [0.717, 1.165) is 12.8 Å². The smallest absolute Gasteiger partial charge is 0.314 e. The monoisotopic (exact) mass is 344 g/mol. The molecule has 3 amide bonds. The van der Waals surface area contributed by atoms with Crippen molar-refractivity contribution in [2.24, 2.45) is 0 Å². The Hall–Kier alpha value is -1.38. The lowest BCUT2D eigenvalue weighted by Gasteiger charge is -2.36. The highest BCUT2D eigenvalue weighted by molar-refractivity contribution is 5.78. The van der Waals surface area contributed by atoms with Crippen molar-refractivity contribution < 1.29 is 19.4 Å². The van der Waals surface area contributed by atoms with Crippen LogP contribution in [0.5, 0.6) is 0 Å². The lowest BCUT2D eigenvalue weighted by Crippen LogP contribution is -2.52. The van der Waals surface area contributed by atoms with Gasteiger partial charge < -0.3 is 30.7 Å². The average Bonchev–Trinajstić information content (AvgIpc) is 2.46. The molecule has 8 nitrogen and oxygen atoms in total. The predicted molar refractivity (Wildman–Crippen MR) is 91.8 cm³/mol. The normalized spacial score (nSPS) is 24.0. The Balaban J connectivity index is 2.33. The first-order chi connectivity index (χ1) is 11.3. The van der Waals surface area contributed by atoms with E-state index in [1.807, 2.05) is 27.9 Å². The number of aliphatic hydroxyl groups excluding tert-OH is 1. The molecule has 4 N–H and O–H groups in total. The Morgan fingerprint density at radius 2 is 2.00 bits per heavy atom. The van der Waals surface area contributed by atoms with Crippen LogP contribution in [0.4, 0.5) is 4.79 Å². The number of urea groups is 1. The van der Waals surface area contributed by atoms with Crippen LogP contribution in [0.2, 0.25) is 0 Å². The molecule has 140 valence electrons. The first-order valence-electron chi connectivity index (χ1n) is 8.56. The molecule has 1 rings (SSSR count). The number of rotatable bonds is 8. The second-order valence-electron chi connectivity index (χ2n) is 6.81. The molecule has 0 bridgehead atoms. The third-order valence-electron chi connectivity index (χ3n) is 3.77. The van der Waals surface area contributed by atoms with Crippen molar-refractivity contribution in [1.29, 1.82) is 0 Å². The van der Waals surface area contributed by atoms with E-state index < -0.39 is 6.10 Å². The predicted octanol–water partition coefficient (Wildman–Crippen LogP) is -0.330. The number of nitrogens with one attached hydrogen (secondary N) is 3. The maximum atomic E-state index is 11.9. The molecule has 0 unspecified atom stereocenters. The number of nitrogens with zero attached hydrogens (tertiary/aromatic N) is 1. The summed E-state index contributed by atoms with van der Waals surface area (Å²) in [6.45, 7) is 4.50. The molecular formula is C16H32N4O4. The molecule has 0 aliphatic carbocycles. The van der Waals surface area contributed by atoms with Gasteiger partial charge in [0.1, 0.15) is 6.10 Å². The molecule has 0 radical (unpaired) electrons. The molecule has 3 atom stereocenters. The van der Waals surface area contributed by atoms with Crippen LogP contribution >= 0.6 is 0 Å². The van der Waals surface area contributed by atoms with E-state index in [1.165, 1.54) is 0 Å². The molecule has 1 fully saturated rings. The number of ether oxygens (including phenoxy) is 1. The van der Waals surface area contributed by atoms with Crippen molar-refractivity contribution in [1.82, 2.24) is 20.9 Å². The van der Waals surface area contributed by atoms with Crippen LogP contribution in [0.1, 0.15) is 33.1 Å². The van der Waals surface area contributed by atoms with Gasteiger partial charge in [-0.15, -0.1) is 0 Å². The largest absolute Gasteiger partial charge is 0.394 e. The van der Waals surface area contributed by atoms with Gasteiger partial charge >= 0.3 is 6.03 Å². The van der Waals surface area contributed by atoms with Gasteiger partial charge in [0.05, 0.1) is 25.3 Å². The number of carbonyl (C=O) groups excluding carboxylic acids is 2. The summed E-state index contributed by atoms with van der Waals surface area (Å²) in [7, 11) is 3.66. The molecular weight excluding hydrogens is 312 g/mol. The molecule has 1 aliphatic heterocycles. The van der Waals surface area contributed by atoms with E-state index in [9.17, 15) is 14.7 Å². The number of hydrogen-bond donors (Lipinski definition) is 4. The van der Waals surface area contributed by atoms with Gasteiger partial charge in [0, 0.05) is 12.6 Å². The van der Waals surface area contributed by atoms with Crippen molar-refractivity contribution >= 4 is 11.9 Å². The Morgan fingerprint density at radius 3 is 2.58 bits per heavy atom. The van der Waals surface area contributed by atoms with Gasteiger partial charge in [-0.3, -0.25) is 4.79 Å².